The van der Waals surface area contributed by atoms with Crippen LogP contribution >= 0.6 is 34.8 Å². The first-order valence-electron chi connectivity index (χ1n) is 11.6. The second kappa shape index (κ2) is 13.0. The van der Waals surface area contributed by atoms with Crippen LogP contribution in [0, 0.1) is 5.41 Å². The van der Waals surface area contributed by atoms with E-state index in [4.69, 9.17) is 63.6 Å². The lowest BCUT2D eigenvalue weighted by Crippen LogP contribution is -2.64. The number of azide groups is 1. The Morgan fingerprint density at radius 1 is 1.16 bits per heavy atom. The van der Waals surface area contributed by atoms with Gasteiger partial charge in [-0.3, -0.25) is 10.2 Å². The highest BCUT2D eigenvalue weighted by atomic mass is 35.6. The Morgan fingerprint density at radius 3 is 2.30 bits per heavy atom. The van der Waals surface area contributed by atoms with Crippen LogP contribution in [0.3, 0.4) is 0 Å². The standard InChI is InChI=1S/C23H33Cl3N4O6Si/c1-14(31)33-19-17(29-30-28)20(35-21(27)23(24,25)26)34-16(13-32-12-15-10-8-7-9-11-15)18(19)36-37(5,6)22(2,3)4/h7-11,16-20,27H,12-13H2,1-6H3/t16-,17-,18-,19-,20+/m1/s1. The molecular weight excluding hydrogens is 563 g/mol. The average Bonchev–Trinajstić information content (AvgIpc) is 2.77. The lowest BCUT2D eigenvalue weighted by molar-refractivity contribution is -0.249. The summed E-state index contributed by atoms with van der Waals surface area (Å²) in [4.78, 5) is 15.0. The highest BCUT2D eigenvalue weighted by Gasteiger charge is 2.53. The third kappa shape index (κ3) is 9.00. The largest absolute Gasteiger partial charge is 0.459 e. The van der Waals surface area contributed by atoms with E-state index in [2.05, 4.69) is 30.8 Å². The molecule has 1 N–H and O–H groups in total. The van der Waals surface area contributed by atoms with Gasteiger partial charge >= 0.3 is 5.97 Å². The van der Waals surface area contributed by atoms with Gasteiger partial charge in [-0.15, -0.1) is 0 Å². The molecule has 1 aliphatic heterocycles. The molecule has 5 atom stereocenters. The molecule has 37 heavy (non-hydrogen) atoms. The van der Waals surface area contributed by atoms with Gasteiger partial charge in [0.1, 0.15) is 24.4 Å². The van der Waals surface area contributed by atoms with E-state index >= 15 is 0 Å². The van der Waals surface area contributed by atoms with Gasteiger partial charge < -0.3 is 23.4 Å². The van der Waals surface area contributed by atoms with Gasteiger partial charge in [-0.1, -0.05) is 91.0 Å². The topological polar surface area (TPSA) is 136 Å². The van der Waals surface area contributed by atoms with Crippen LogP contribution in [0.5, 0.6) is 0 Å². The molecule has 14 heteroatoms. The van der Waals surface area contributed by atoms with Gasteiger partial charge in [0.05, 0.1) is 13.2 Å². The molecule has 1 aromatic carbocycles. The first-order valence-corrected chi connectivity index (χ1v) is 15.6. The molecule has 0 bridgehead atoms. The number of nitrogens with one attached hydrogen (secondary N) is 1. The molecule has 0 saturated carbocycles. The number of benzene rings is 1. The minimum Gasteiger partial charge on any atom is -0.459 e. The molecular formula is C23H33Cl3N4O6Si. The van der Waals surface area contributed by atoms with Crippen LogP contribution in [-0.4, -0.2) is 61.2 Å². The van der Waals surface area contributed by atoms with Crippen molar-refractivity contribution >= 4 is 55.0 Å². The SMILES string of the molecule is CC(=O)O[C@@H]1[C@@H](N=[N+]=[N-])[C@H](OC(=N)C(Cl)(Cl)Cl)O[C@H](COCc2ccccc2)[C@H]1O[Si](C)(C)C(C)(C)C. The molecule has 1 aromatic rings. The van der Waals surface area contributed by atoms with E-state index in [1.807, 2.05) is 43.4 Å². The predicted octanol–water partition coefficient (Wildman–Crippen LogP) is 6.29. The number of alkyl halides is 3. The fourth-order valence-electron chi connectivity index (χ4n) is 3.34. The molecule has 0 unspecified atom stereocenters. The third-order valence-corrected chi connectivity index (χ3v) is 11.2. The fourth-order valence-corrected chi connectivity index (χ4v) is 4.79. The zero-order valence-electron chi connectivity index (χ0n) is 21.6. The van der Waals surface area contributed by atoms with Crippen molar-refractivity contribution in [2.45, 2.75) is 86.9 Å². The summed E-state index contributed by atoms with van der Waals surface area (Å²) in [6, 6.07) is 8.27. The number of esters is 1. The molecule has 0 aliphatic carbocycles. The minimum absolute atomic E-state index is 0.00982. The summed E-state index contributed by atoms with van der Waals surface area (Å²) in [7, 11) is -2.47. The fraction of sp³-hybridized carbons (Fsp3) is 0.652. The Kier molecular flexibility index (Phi) is 11.1. The van der Waals surface area contributed by atoms with Crippen molar-refractivity contribution in [3.05, 3.63) is 46.3 Å². The van der Waals surface area contributed by atoms with Crippen molar-refractivity contribution in [1.29, 1.82) is 5.41 Å². The molecule has 1 aliphatic rings. The summed E-state index contributed by atoms with van der Waals surface area (Å²) in [5.74, 6) is -1.39. The first-order chi connectivity index (χ1) is 17.1. The van der Waals surface area contributed by atoms with E-state index in [1.165, 1.54) is 6.92 Å². The van der Waals surface area contributed by atoms with Gasteiger partial charge in [-0.2, -0.15) is 0 Å². The summed E-state index contributed by atoms with van der Waals surface area (Å²) < 4.78 is 27.6. The molecule has 0 radical (unpaired) electrons. The summed E-state index contributed by atoms with van der Waals surface area (Å²) >= 11 is 17.4. The van der Waals surface area contributed by atoms with Crippen molar-refractivity contribution < 1.29 is 28.2 Å². The van der Waals surface area contributed by atoms with Gasteiger partial charge in [0.15, 0.2) is 8.32 Å². The number of ether oxygens (including phenoxy) is 4. The van der Waals surface area contributed by atoms with Gasteiger partial charge in [-0.05, 0) is 29.2 Å². The normalized spacial score (nSPS) is 24.6. The number of rotatable bonds is 9. The molecule has 2 rings (SSSR count). The van der Waals surface area contributed by atoms with Crippen LogP contribution in [0.15, 0.2) is 35.4 Å². The Morgan fingerprint density at radius 2 is 1.78 bits per heavy atom. The van der Waals surface area contributed by atoms with Gasteiger partial charge in [0, 0.05) is 11.8 Å². The maximum atomic E-state index is 12.1. The Hall–Kier alpha value is -1.56. The summed E-state index contributed by atoms with van der Waals surface area (Å²) in [6.45, 7) is 11.8. The third-order valence-electron chi connectivity index (χ3n) is 6.22. The number of nitrogens with zero attached hydrogens (tertiary/aromatic N) is 3. The smallest absolute Gasteiger partial charge is 0.303 e. The minimum atomic E-state index is -2.47. The van der Waals surface area contributed by atoms with Crippen molar-refractivity contribution in [3.8, 4) is 0 Å². The second-order valence-electron chi connectivity index (χ2n) is 10.1. The monoisotopic (exact) mass is 594 g/mol. The van der Waals surface area contributed by atoms with Crippen molar-refractivity contribution in [2.24, 2.45) is 5.11 Å². The molecule has 0 spiro atoms. The van der Waals surface area contributed by atoms with Crippen molar-refractivity contribution in [3.63, 3.8) is 0 Å². The van der Waals surface area contributed by atoms with Crippen LogP contribution in [0.25, 0.3) is 10.4 Å². The van der Waals surface area contributed by atoms with Crippen LogP contribution < -0.4 is 0 Å². The van der Waals surface area contributed by atoms with Crippen LogP contribution in [-0.2, 0) is 34.8 Å². The van der Waals surface area contributed by atoms with Crippen LogP contribution in [0.1, 0.15) is 33.3 Å². The zero-order chi connectivity index (χ0) is 28.0. The summed E-state index contributed by atoms with van der Waals surface area (Å²) in [6.07, 6.45) is -4.28. The summed E-state index contributed by atoms with van der Waals surface area (Å²) in [5.41, 5.74) is 10.2. The number of hydrogen-bond donors (Lipinski definition) is 1. The van der Waals surface area contributed by atoms with Gasteiger partial charge in [0.25, 0.3) is 3.79 Å². The van der Waals surface area contributed by atoms with E-state index in [1.54, 1.807) is 0 Å². The van der Waals surface area contributed by atoms with E-state index in [-0.39, 0.29) is 18.3 Å². The van der Waals surface area contributed by atoms with Gasteiger partial charge in [-0.25, -0.2) is 0 Å². The second-order valence-corrected chi connectivity index (χ2v) is 17.1. The highest BCUT2D eigenvalue weighted by Crippen LogP contribution is 2.41. The van der Waals surface area contributed by atoms with E-state index in [0.29, 0.717) is 0 Å². The van der Waals surface area contributed by atoms with Crippen LogP contribution in [0.4, 0.5) is 0 Å². The maximum absolute atomic E-state index is 12.1. The molecule has 206 valence electrons. The molecule has 0 aromatic heterocycles. The molecule has 1 heterocycles. The average molecular weight is 596 g/mol. The van der Waals surface area contributed by atoms with Crippen LogP contribution in [0.2, 0.25) is 18.1 Å². The molecule has 1 fully saturated rings. The van der Waals surface area contributed by atoms with E-state index in [0.717, 1.165) is 5.56 Å². The highest BCUT2D eigenvalue weighted by molar-refractivity contribution is 6.76. The Balaban J connectivity index is 2.47. The van der Waals surface area contributed by atoms with E-state index in [9.17, 15) is 10.3 Å². The maximum Gasteiger partial charge on any atom is 0.303 e. The lowest BCUT2D eigenvalue weighted by atomic mass is 9.97. The summed E-state index contributed by atoms with van der Waals surface area (Å²) in [5, 5.41) is 11.6. The van der Waals surface area contributed by atoms with E-state index < -0.39 is 54.6 Å². The molecule has 1 saturated heterocycles. The zero-order valence-corrected chi connectivity index (χ0v) is 24.9. The number of carbonyl (C=O) groups excluding carboxylic acids is 1. The Bertz CT molecular complexity index is 983. The number of carbonyl (C=O) groups is 1. The Labute approximate surface area is 233 Å². The molecule has 10 nitrogen and oxygen atoms in total. The lowest BCUT2D eigenvalue weighted by Gasteiger charge is -2.48. The van der Waals surface area contributed by atoms with Crippen molar-refractivity contribution in [1.82, 2.24) is 0 Å². The van der Waals surface area contributed by atoms with Gasteiger partial charge in [0.2, 0.25) is 12.2 Å². The number of hydrogen-bond acceptors (Lipinski definition) is 8. The molecule has 0 amide bonds. The first kappa shape index (κ1) is 31.7. The predicted molar refractivity (Wildman–Crippen MR) is 144 cm³/mol. The van der Waals surface area contributed by atoms with Crippen molar-refractivity contribution in [2.75, 3.05) is 6.61 Å². The number of halogens is 3. The quantitative estimate of drug-likeness (QED) is 0.0520.